The molecular formula is C22H21FN6O3. The molecule has 1 aromatic carbocycles. The van der Waals surface area contributed by atoms with Crippen molar-refractivity contribution >= 4 is 28.4 Å². The summed E-state index contributed by atoms with van der Waals surface area (Å²) in [6.07, 6.45) is 5.32. The molecule has 4 aromatic rings. The van der Waals surface area contributed by atoms with Crippen LogP contribution in [0.15, 0.2) is 48.9 Å². The summed E-state index contributed by atoms with van der Waals surface area (Å²) in [7, 11) is 4.63. The molecule has 10 heteroatoms. The zero-order valence-corrected chi connectivity index (χ0v) is 17.7. The van der Waals surface area contributed by atoms with Crippen LogP contribution in [0.2, 0.25) is 0 Å². The Labute approximate surface area is 183 Å². The Balaban J connectivity index is 1.85. The van der Waals surface area contributed by atoms with Crippen LogP contribution in [0.4, 0.5) is 15.9 Å². The van der Waals surface area contributed by atoms with Crippen LogP contribution in [0, 0.1) is 5.82 Å². The quantitative estimate of drug-likeness (QED) is 0.475. The molecule has 3 aromatic heterocycles. The fourth-order valence-corrected chi connectivity index (χ4v) is 3.34. The molecule has 0 radical (unpaired) electrons. The van der Waals surface area contributed by atoms with E-state index in [1.165, 1.54) is 31.3 Å². The molecule has 2 N–H and O–H groups in total. The first-order valence-corrected chi connectivity index (χ1v) is 9.62. The van der Waals surface area contributed by atoms with Crippen molar-refractivity contribution in [1.29, 1.82) is 0 Å². The lowest BCUT2D eigenvalue weighted by Crippen LogP contribution is -2.31. The molecule has 1 amide bonds. The van der Waals surface area contributed by atoms with Crippen LogP contribution in [0.25, 0.3) is 22.2 Å². The smallest absolute Gasteiger partial charge is 0.237 e. The maximum Gasteiger partial charge on any atom is 0.237 e. The Kier molecular flexibility index (Phi) is 5.59. The average Bonchev–Trinajstić information content (AvgIpc) is 3.23. The fourth-order valence-electron chi connectivity index (χ4n) is 3.34. The minimum Gasteiger partial charge on any atom is -0.497 e. The first-order valence-electron chi connectivity index (χ1n) is 9.62. The molecule has 0 fully saturated rings. The van der Waals surface area contributed by atoms with Crippen LogP contribution in [0.3, 0.4) is 0 Å². The molecule has 0 aliphatic heterocycles. The van der Waals surface area contributed by atoms with E-state index in [0.717, 1.165) is 11.1 Å². The Hall–Kier alpha value is -4.21. The number of aromatic nitrogens is 4. The molecule has 0 unspecified atom stereocenters. The molecular weight excluding hydrogens is 415 g/mol. The van der Waals surface area contributed by atoms with Gasteiger partial charge in [0, 0.05) is 42.7 Å². The number of anilines is 2. The van der Waals surface area contributed by atoms with Gasteiger partial charge in [-0.05, 0) is 18.2 Å². The summed E-state index contributed by atoms with van der Waals surface area (Å²) in [4.78, 5) is 22.3. The van der Waals surface area contributed by atoms with E-state index in [-0.39, 0.29) is 18.0 Å². The number of nitrogens with zero attached hydrogens (tertiary/aromatic N) is 5. The van der Waals surface area contributed by atoms with Gasteiger partial charge in [-0.25, -0.2) is 9.37 Å². The van der Waals surface area contributed by atoms with Gasteiger partial charge in [0.25, 0.3) is 0 Å². The van der Waals surface area contributed by atoms with Crippen molar-refractivity contribution in [2.45, 2.75) is 0 Å². The Morgan fingerprint density at radius 3 is 2.59 bits per heavy atom. The summed E-state index contributed by atoms with van der Waals surface area (Å²) in [6.45, 7) is -0.304. The third-order valence-electron chi connectivity index (χ3n) is 4.89. The third-order valence-corrected chi connectivity index (χ3v) is 4.89. The predicted octanol–water partition coefficient (Wildman–Crippen LogP) is 2.81. The monoisotopic (exact) mass is 436 g/mol. The van der Waals surface area contributed by atoms with E-state index >= 15 is 4.39 Å². The van der Waals surface area contributed by atoms with Crippen LogP contribution in [0.5, 0.6) is 11.5 Å². The number of halogens is 1. The van der Waals surface area contributed by atoms with Gasteiger partial charge in [-0.15, -0.1) is 0 Å². The first kappa shape index (κ1) is 21.0. The van der Waals surface area contributed by atoms with Gasteiger partial charge >= 0.3 is 0 Å². The van der Waals surface area contributed by atoms with Crippen LogP contribution in [-0.4, -0.2) is 46.4 Å². The number of benzene rings is 1. The summed E-state index contributed by atoms with van der Waals surface area (Å²) in [5, 5.41) is 4.18. The van der Waals surface area contributed by atoms with Gasteiger partial charge in [-0.1, -0.05) is 0 Å². The highest BCUT2D eigenvalue weighted by Gasteiger charge is 2.22. The summed E-state index contributed by atoms with van der Waals surface area (Å²) in [5.74, 6) is -0.686. The number of carbonyl (C=O) groups excluding carboxylic acids is 1. The van der Waals surface area contributed by atoms with E-state index in [4.69, 9.17) is 15.2 Å². The van der Waals surface area contributed by atoms with Crippen molar-refractivity contribution in [3.63, 3.8) is 0 Å². The molecule has 0 bridgehead atoms. The number of ether oxygens (including phenoxy) is 2. The second kappa shape index (κ2) is 8.50. The summed E-state index contributed by atoms with van der Waals surface area (Å²) >= 11 is 0. The number of hydrogen-bond donors (Lipinski definition) is 1. The number of pyridine rings is 2. The van der Waals surface area contributed by atoms with E-state index in [9.17, 15) is 4.79 Å². The van der Waals surface area contributed by atoms with Crippen LogP contribution >= 0.6 is 0 Å². The molecule has 4 rings (SSSR count). The highest BCUT2D eigenvalue weighted by Crippen LogP contribution is 2.36. The summed E-state index contributed by atoms with van der Waals surface area (Å²) in [6, 6.07) is 8.12. The fraction of sp³-hybridized carbons (Fsp3) is 0.182. The molecule has 0 atom stereocenters. The van der Waals surface area contributed by atoms with Gasteiger partial charge in [-0.2, -0.15) is 5.10 Å². The van der Waals surface area contributed by atoms with E-state index in [2.05, 4.69) is 15.1 Å². The second-order valence-electron chi connectivity index (χ2n) is 7.05. The zero-order valence-electron chi connectivity index (χ0n) is 17.7. The minimum atomic E-state index is -0.668. The highest BCUT2D eigenvalue weighted by molar-refractivity contribution is 5.86. The van der Waals surface area contributed by atoms with Gasteiger partial charge in [-0.3, -0.25) is 14.5 Å². The van der Waals surface area contributed by atoms with Gasteiger partial charge in [0.05, 0.1) is 37.1 Å². The number of amides is 1. The molecule has 164 valence electrons. The number of methoxy groups -OCH3 is 2. The number of aryl methyl sites for hydroxylation is 1. The molecule has 0 aliphatic rings. The molecule has 0 spiro atoms. The topological polar surface area (TPSA) is 108 Å². The van der Waals surface area contributed by atoms with E-state index < -0.39 is 11.7 Å². The van der Waals surface area contributed by atoms with E-state index in [0.29, 0.717) is 22.6 Å². The number of primary amides is 1. The highest BCUT2D eigenvalue weighted by atomic mass is 19.1. The van der Waals surface area contributed by atoms with E-state index in [1.807, 2.05) is 19.3 Å². The Morgan fingerprint density at radius 2 is 1.94 bits per heavy atom. The van der Waals surface area contributed by atoms with Crippen molar-refractivity contribution < 1.29 is 18.7 Å². The van der Waals surface area contributed by atoms with Crippen molar-refractivity contribution in [1.82, 2.24) is 19.7 Å². The van der Waals surface area contributed by atoms with Gasteiger partial charge in [0.2, 0.25) is 5.91 Å². The number of fused-ring (bicyclic) bond motifs is 1. The standard InChI is InChI=1S/C22H21FN6O3/c1-28-11-14(10-26-28)13-6-17-16(25-9-13)4-5-21(27-17)29(12-20(24)30)18-7-15(31-2)8-19(32-3)22(18)23/h4-11H,12H2,1-3H3,(H2,24,30). The van der Waals surface area contributed by atoms with Crippen molar-refractivity contribution in [3.05, 3.63) is 54.7 Å². The zero-order chi connectivity index (χ0) is 22.8. The Morgan fingerprint density at radius 1 is 1.12 bits per heavy atom. The number of hydrogen-bond acceptors (Lipinski definition) is 7. The first-order chi connectivity index (χ1) is 15.4. The lowest BCUT2D eigenvalue weighted by molar-refractivity contribution is -0.116. The van der Waals surface area contributed by atoms with Crippen molar-refractivity contribution in [2.75, 3.05) is 25.7 Å². The van der Waals surface area contributed by atoms with Gasteiger partial charge in [0.15, 0.2) is 11.6 Å². The Bertz CT molecular complexity index is 1310. The third kappa shape index (κ3) is 4.02. The largest absolute Gasteiger partial charge is 0.497 e. The molecule has 0 saturated carbocycles. The molecule has 9 nitrogen and oxygen atoms in total. The lowest BCUT2D eigenvalue weighted by Gasteiger charge is -2.24. The predicted molar refractivity (Wildman–Crippen MR) is 117 cm³/mol. The lowest BCUT2D eigenvalue weighted by atomic mass is 10.1. The van der Waals surface area contributed by atoms with Crippen LogP contribution in [-0.2, 0) is 11.8 Å². The number of rotatable bonds is 7. The van der Waals surface area contributed by atoms with Crippen molar-refractivity contribution in [3.8, 4) is 22.6 Å². The van der Waals surface area contributed by atoms with E-state index in [1.54, 1.807) is 29.2 Å². The molecule has 0 saturated heterocycles. The summed E-state index contributed by atoms with van der Waals surface area (Å²) < 4.78 is 27.2. The molecule has 0 aliphatic carbocycles. The molecule has 32 heavy (non-hydrogen) atoms. The normalized spacial score (nSPS) is 10.9. The van der Waals surface area contributed by atoms with Gasteiger partial charge < -0.3 is 20.1 Å². The van der Waals surface area contributed by atoms with Crippen LogP contribution < -0.4 is 20.1 Å². The number of nitrogens with two attached hydrogens (primary N) is 1. The second-order valence-corrected chi connectivity index (χ2v) is 7.05. The number of carbonyl (C=O) groups is 1. The average molecular weight is 436 g/mol. The minimum absolute atomic E-state index is 0.0323. The molecule has 3 heterocycles. The summed E-state index contributed by atoms with van der Waals surface area (Å²) in [5.41, 5.74) is 8.42. The van der Waals surface area contributed by atoms with Crippen molar-refractivity contribution in [2.24, 2.45) is 12.8 Å². The van der Waals surface area contributed by atoms with Crippen LogP contribution in [0.1, 0.15) is 0 Å². The SMILES string of the molecule is COc1cc(OC)c(F)c(N(CC(N)=O)c2ccc3ncc(-c4cnn(C)c4)cc3n2)c1. The van der Waals surface area contributed by atoms with Gasteiger partial charge in [0.1, 0.15) is 18.1 Å². The maximum atomic E-state index is 15.2. The maximum absolute atomic E-state index is 15.2.